The number of carbonyl (C=O) groups is 2. The molecule has 5 heteroatoms. The number of carbonyl (C=O) groups excluding carboxylic acids is 2. The summed E-state index contributed by atoms with van der Waals surface area (Å²) in [6, 6.07) is 3.64. The molecule has 0 aromatic carbocycles. The fraction of sp³-hybridized carbons (Fsp3) is 0.455. The van der Waals surface area contributed by atoms with Gasteiger partial charge in [0.2, 0.25) is 0 Å². The quantitative estimate of drug-likeness (QED) is 0.738. The molecule has 0 bridgehead atoms. The van der Waals surface area contributed by atoms with Gasteiger partial charge in [0.05, 0.1) is 12.0 Å². The summed E-state index contributed by atoms with van der Waals surface area (Å²) < 4.78 is 4.52. The van der Waals surface area contributed by atoms with Gasteiger partial charge in [0, 0.05) is 20.0 Å². The molecule has 1 amide bonds. The first-order valence-electron chi connectivity index (χ1n) is 5.01. The van der Waals surface area contributed by atoms with Crippen LogP contribution in [-0.2, 0) is 9.53 Å². The molecule has 1 aromatic heterocycles. The van der Waals surface area contributed by atoms with Crippen LogP contribution in [0.3, 0.4) is 0 Å². The van der Waals surface area contributed by atoms with Crippen LogP contribution in [0.1, 0.15) is 22.5 Å². The van der Waals surface area contributed by atoms with Crippen LogP contribution in [0, 0.1) is 0 Å². The maximum Gasteiger partial charge on any atom is 0.305 e. The molecule has 0 saturated carbocycles. The second-order valence-corrected chi connectivity index (χ2v) is 4.33. The molecule has 0 fully saturated rings. The van der Waals surface area contributed by atoms with E-state index in [-0.39, 0.29) is 11.9 Å². The third-order valence-electron chi connectivity index (χ3n) is 2.18. The number of hydrogen-bond donors (Lipinski definition) is 0. The molecule has 1 rings (SSSR count). The summed E-state index contributed by atoms with van der Waals surface area (Å²) in [4.78, 5) is 25.0. The van der Waals surface area contributed by atoms with Crippen LogP contribution >= 0.6 is 11.3 Å². The highest BCUT2D eigenvalue weighted by atomic mass is 32.1. The number of thiophene rings is 1. The van der Waals surface area contributed by atoms with E-state index >= 15 is 0 Å². The molecule has 1 aromatic rings. The van der Waals surface area contributed by atoms with Crippen molar-refractivity contribution in [1.82, 2.24) is 4.90 Å². The van der Waals surface area contributed by atoms with Crippen molar-refractivity contribution in [3.05, 3.63) is 22.4 Å². The molecule has 1 heterocycles. The summed E-state index contributed by atoms with van der Waals surface area (Å²) in [6.07, 6.45) is 0.971. The zero-order valence-corrected chi connectivity index (χ0v) is 10.3. The van der Waals surface area contributed by atoms with Crippen molar-refractivity contribution in [3.63, 3.8) is 0 Å². The molecule has 4 nitrogen and oxygen atoms in total. The van der Waals surface area contributed by atoms with Crippen LogP contribution in [-0.4, -0.2) is 37.5 Å². The first-order chi connectivity index (χ1) is 7.65. The largest absolute Gasteiger partial charge is 0.469 e. The lowest BCUT2D eigenvalue weighted by Crippen LogP contribution is -2.27. The van der Waals surface area contributed by atoms with Crippen molar-refractivity contribution < 1.29 is 14.3 Å². The van der Waals surface area contributed by atoms with E-state index in [2.05, 4.69) is 4.74 Å². The Balaban J connectivity index is 2.33. The first-order valence-corrected chi connectivity index (χ1v) is 5.89. The molecule has 0 aliphatic carbocycles. The smallest absolute Gasteiger partial charge is 0.305 e. The standard InChI is InChI=1S/C11H15NO3S/c1-12(7-3-6-10(13)15-2)11(14)9-5-4-8-16-9/h4-5,8H,3,6-7H2,1-2H3. The summed E-state index contributed by atoms with van der Waals surface area (Å²) >= 11 is 1.42. The normalized spacial score (nSPS) is 9.88. The summed E-state index contributed by atoms with van der Waals surface area (Å²) in [5.41, 5.74) is 0. The van der Waals surface area contributed by atoms with Gasteiger partial charge in [-0.1, -0.05) is 6.07 Å². The van der Waals surface area contributed by atoms with Gasteiger partial charge in [-0.2, -0.15) is 0 Å². The Morgan fingerprint density at radius 1 is 1.50 bits per heavy atom. The minimum atomic E-state index is -0.239. The SMILES string of the molecule is COC(=O)CCCN(C)C(=O)c1cccs1. The molecule has 16 heavy (non-hydrogen) atoms. The number of ether oxygens (including phenoxy) is 1. The fourth-order valence-electron chi connectivity index (χ4n) is 1.25. The van der Waals surface area contributed by atoms with Crippen LogP contribution in [0.2, 0.25) is 0 Å². The van der Waals surface area contributed by atoms with Crippen molar-refractivity contribution in [2.75, 3.05) is 20.7 Å². The maximum atomic E-state index is 11.8. The van der Waals surface area contributed by atoms with Crippen LogP contribution in [0.15, 0.2) is 17.5 Å². The van der Waals surface area contributed by atoms with E-state index in [1.807, 2.05) is 11.4 Å². The van der Waals surface area contributed by atoms with Gasteiger partial charge in [0.25, 0.3) is 5.91 Å². The Bertz CT molecular complexity index is 348. The number of nitrogens with zero attached hydrogens (tertiary/aromatic N) is 1. The summed E-state index contributed by atoms with van der Waals surface area (Å²) in [5.74, 6) is -0.239. The topological polar surface area (TPSA) is 46.6 Å². The molecular formula is C11H15NO3S. The van der Waals surface area contributed by atoms with Gasteiger partial charge in [0.1, 0.15) is 0 Å². The Morgan fingerprint density at radius 2 is 2.25 bits per heavy atom. The van der Waals surface area contributed by atoms with E-state index in [4.69, 9.17) is 0 Å². The van der Waals surface area contributed by atoms with Crippen molar-refractivity contribution in [2.24, 2.45) is 0 Å². The third-order valence-corrected chi connectivity index (χ3v) is 3.04. The van der Waals surface area contributed by atoms with E-state index in [1.165, 1.54) is 18.4 Å². The lowest BCUT2D eigenvalue weighted by molar-refractivity contribution is -0.140. The molecule has 0 atom stereocenters. The summed E-state index contributed by atoms with van der Waals surface area (Å²) in [7, 11) is 3.10. The van der Waals surface area contributed by atoms with E-state index in [0.29, 0.717) is 19.4 Å². The lowest BCUT2D eigenvalue weighted by atomic mass is 10.3. The van der Waals surface area contributed by atoms with Gasteiger partial charge in [-0.25, -0.2) is 0 Å². The molecule has 0 saturated heterocycles. The highest BCUT2D eigenvalue weighted by Gasteiger charge is 2.12. The molecule has 0 aliphatic rings. The Hall–Kier alpha value is -1.36. The van der Waals surface area contributed by atoms with Gasteiger partial charge >= 0.3 is 5.97 Å². The minimum Gasteiger partial charge on any atom is -0.469 e. The average molecular weight is 241 g/mol. The Morgan fingerprint density at radius 3 is 2.81 bits per heavy atom. The number of esters is 1. The molecule has 0 radical (unpaired) electrons. The van der Waals surface area contributed by atoms with Crippen LogP contribution < -0.4 is 0 Å². The van der Waals surface area contributed by atoms with Crippen molar-refractivity contribution in [1.29, 1.82) is 0 Å². The second kappa shape index (κ2) is 6.27. The predicted octanol–water partition coefficient (Wildman–Crippen LogP) is 1.77. The fourth-order valence-corrected chi connectivity index (χ4v) is 1.97. The van der Waals surface area contributed by atoms with E-state index in [0.717, 1.165) is 4.88 Å². The van der Waals surface area contributed by atoms with Crippen molar-refractivity contribution in [2.45, 2.75) is 12.8 Å². The number of amides is 1. The van der Waals surface area contributed by atoms with Gasteiger partial charge < -0.3 is 9.64 Å². The molecular weight excluding hydrogens is 226 g/mol. The average Bonchev–Trinajstić information content (AvgIpc) is 2.81. The predicted molar refractivity (Wildman–Crippen MR) is 62.5 cm³/mol. The van der Waals surface area contributed by atoms with Crippen LogP contribution in [0.25, 0.3) is 0 Å². The maximum absolute atomic E-state index is 11.8. The highest BCUT2D eigenvalue weighted by Crippen LogP contribution is 2.11. The summed E-state index contributed by atoms with van der Waals surface area (Å²) in [5, 5.41) is 1.87. The Labute approximate surface area is 98.8 Å². The molecule has 0 unspecified atom stereocenters. The molecule has 88 valence electrons. The van der Waals surface area contributed by atoms with Gasteiger partial charge in [-0.3, -0.25) is 9.59 Å². The van der Waals surface area contributed by atoms with Crippen LogP contribution in [0.4, 0.5) is 0 Å². The van der Waals surface area contributed by atoms with E-state index in [9.17, 15) is 9.59 Å². The number of hydrogen-bond acceptors (Lipinski definition) is 4. The van der Waals surface area contributed by atoms with Crippen molar-refractivity contribution >= 4 is 23.2 Å². The number of rotatable bonds is 5. The Kier molecular flexibility index (Phi) is 4.98. The van der Waals surface area contributed by atoms with Gasteiger partial charge in [-0.05, 0) is 17.9 Å². The lowest BCUT2D eigenvalue weighted by Gasteiger charge is -2.15. The van der Waals surface area contributed by atoms with Gasteiger partial charge in [-0.15, -0.1) is 11.3 Å². The monoisotopic (exact) mass is 241 g/mol. The van der Waals surface area contributed by atoms with E-state index in [1.54, 1.807) is 18.0 Å². The second-order valence-electron chi connectivity index (χ2n) is 3.38. The van der Waals surface area contributed by atoms with E-state index < -0.39 is 0 Å². The molecule has 0 aliphatic heterocycles. The van der Waals surface area contributed by atoms with Crippen LogP contribution in [0.5, 0.6) is 0 Å². The number of methoxy groups -OCH3 is 1. The zero-order valence-electron chi connectivity index (χ0n) is 9.43. The minimum absolute atomic E-state index is 0.000124. The highest BCUT2D eigenvalue weighted by molar-refractivity contribution is 7.12. The third kappa shape index (κ3) is 3.66. The zero-order chi connectivity index (χ0) is 12.0. The summed E-state index contributed by atoms with van der Waals surface area (Å²) in [6.45, 7) is 0.561. The first kappa shape index (κ1) is 12.7. The van der Waals surface area contributed by atoms with Gasteiger partial charge in [0.15, 0.2) is 0 Å². The molecule has 0 spiro atoms. The van der Waals surface area contributed by atoms with Crippen molar-refractivity contribution in [3.8, 4) is 0 Å². The molecule has 0 N–H and O–H groups in total.